The molecular formula is C25H27ClF3N3OS. The lowest BCUT2D eigenvalue weighted by molar-refractivity contribution is -0.140. The minimum atomic E-state index is -4.58. The number of nitrogens with zero attached hydrogens (tertiary/aromatic N) is 2. The number of para-hydroxylation sites is 1. The normalized spacial score (nSPS) is 13.6. The molecule has 1 aromatic heterocycles. The third-order valence-electron chi connectivity index (χ3n) is 5.56. The number of benzene rings is 2. The van der Waals surface area contributed by atoms with Crippen molar-refractivity contribution in [1.29, 1.82) is 0 Å². The number of rotatable bonds is 10. The van der Waals surface area contributed by atoms with E-state index in [4.69, 9.17) is 17.3 Å². The van der Waals surface area contributed by atoms with Crippen molar-refractivity contribution in [2.24, 2.45) is 5.73 Å². The molecule has 34 heavy (non-hydrogen) atoms. The number of carbonyl (C=O) groups excluding carboxylic acids is 1. The number of fused-ring (bicyclic) bond motifs is 1. The van der Waals surface area contributed by atoms with E-state index < -0.39 is 11.9 Å². The molecule has 2 unspecified atom stereocenters. The lowest BCUT2D eigenvalue weighted by Crippen LogP contribution is -2.32. The second-order valence-electron chi connectivity index (χ2n) is 8.23. The zero-order valence-electron chi connectivity index (χ0n) is 19.0. The maximum Gasteiger partial charge on any atom is 0.433 e. The molecular weight excluding hydrogens is 483 g/mol. The van der Waals surface area contributed by atoms with Crippen molar-refractivity contribution in [3.05, 3.63) is 70.9 Å². The molecule has 3 rings (SSSR count). The number of halogens is 4. The molecule has 182 valence electrons. The zero-order valence-corrected chi connectivity index (χ0v) is 20.6. The highest BCUT2D eigenvalue weighted by molar-refractivity contribution is 8.00. The van der Waals surface area contributed by atoms with Gasteiger partial charge in [-0.15, -0.1) is 0 Å². The van der Waals surface area contributed by atoms with Gasteiger partial charge in [-0.1, -0.05) is 53.9 Å². The third kappa shape index (κ3) is 6.64. The Hall–Kier alpha value is -2.29. The van der Waals surface area contributed by atoms with Crippen LogP contribution in [0, 0.1) is 0 Å². The number of Topliss-reactive ketones (excluding diaryl/α,β-unsaturated/α-hetero) is 1. The van der Waals surface area contributed by atoms with Gasteiger partial charge in [0.05, 0.1) is 11.2 Å². The fourth-order valence-electron chi connectivity index (χ4n) is 3.87. The van der Waals surface area contributed by atoms with Gasteiger partial charge < -0.3 is 10.0 Å². The molecule has 4 nitrogen and oxygen atoms in total. The van der Waals surface area contributed by atoms with Crippen molar-refractivity contribution in [2.45, 2.75) is 50.9 Å². The first kappa shape index (κ1) is 26.3. The van der Waals surface area contributed by atoms with Crippen LogP contribution in [0.4, 0.5) is 18.9 Å². The third-order valence-corrected chi connectivity index (χ3v) is 6.68. The molecule has 1 heterocycles. The molecule has 0 aliphatic carbocycles. The quantitative estimate of drug-likeness (QED) is 0.232. The van der Waals surface area contributed by atoms with Gasteiger partial charge in [0.1, 0.15) is 5.69 Å². The van der Waals surface area contributed by atoms with Gasteiger partial charge in [0, 0.05) is 40.7 Å². The summed E-state index contributed by atoms with van der Waals surface area (Å²) in [5.74, 6) is -0.0649. The number of pyridine rings is 1. The fraction of sp³-hybridized carbons (Fsp3) is 0.360. The lowest BCUT2D eigenvalue weighted by atomic mass is 9.98. The molecule has 2 atom stereocenters. The maximum atomic E-state index is 13.6. The van der Waals surface area contributed by atoms with Crippen LogP contribution in [0.1, 0.15) is 48.7 Å². The Morgan fingerprint density at radius 2 is 1.85 bits per heavy atom. The van der Waals surface area contributed by atoms with Crippen LogP contribution in [-0.2, 0) is 6.18 Å². The number of nitrogens with two attached hydrogens (primary N) is 1. The van der Waals surface area contributed by atoms with Crippen LogP contribution in [0.25, 0.3) is 10.9 Å². The molecule has 0 fully saturated rings. The Kier molecular flexibility index (Phi) is 8.84. The fourth-order valence-corrected chi connectivity index (χ4v) is 4.91. The van der Waals surface area contributed by atoms with E-state index in [1.807, 2.05) is 17.5 Å². The molecule has 2 aromatic carbocycles. The first-order chi connectivity index (χ1) is 16.1. The number of anilines is 1. The molecule has 0 bridgehead atoms. The summed E-state index contributed by atoms with van der Waals surface area (Å²) in [7, 11) is 0. The van der Waals surface area contributed by atoms with E-state index in [9.17, 15) is 18.0 Å². The molecule has 0 amide bonds. The molecule has 0 aliphatic rings. The monoisotopic (exact) mass is 509 g/mol. The van der Waals surface area contributed by atoms with Crippen LogP contribution in [-0.4, -0.2) is 29.1 Å². The number of aromatic nitrogens is 1. The molecule has 0 aliphatic heterocycles. The van der Waals surface area contributed by atoms with Gasteiger partial charge in [0.2, 0.25) is 0 Å². The van der Waals surface area contributed by atoms with Crippen molar-refractivity contribution < 1.29 is 18.0 Å². The summed E-state index contributed by atoms with van der Waals surface area (Å²) in [5, 5.41) is 1.10. The number of ketones is 1. The Morgan fingerprint density at radius 1 is 1.12 bits per heavy atom. The van der Waals surface area contributed by atoms with Gasteiger partial charge in [-0.05, 0) is 50.5 Å². The molecule has 2 N–H and O–H groups in total. The average molecular weight is 510 g/mol. The van der Waals surface area contributed by atoms with E-state index in [2.05, 4.69) is 4.98 Å². The van der Waals surface area contributed by atoms with E-state index >= 15 is 0 Å². The van der Waals surface area contributed by atoms with Gasteiger partial charge >= 0.3 is 6.18 Å². The second-order valence-corrected chi connectivity index (χ2v) is 9.43. The minimum Gasteiger partial charge on any atom is -0.328 e. The van der Waals surface area contributed by atoms with Gasteiger partial charge in [0.15, 0.2) is 5.78 Å². The van der Waals surface area contributed by atoms with Crippen molar-refractivity contribution >= 4 is 45.9 Å². The number of hydrogen-bond donors (Lipinski definition) is 1. The van der Waals surface area contributed by atoms with E-state index in [0.29, 0.717) is 40.9 Å². The van der Waals surface area contributed by atoms with Crippen LogP contribution in [0.2, 0.25) is 5.02 Å². The van der Waals surface area contributed by atoms with Crippen LogP contribution in [0.5, 0.6) is 0 Å². The average Bonchev–Trinajstić information content (AvgIpc) is 2.79. The Labute approximate surface area is 206 Å². The zero-order chi connectivity index (χ0) is 24.9. The van der Waals surface area contributed by atoms with Gasteiger partial charge in [-0.25, -0.2) is 4.98 Å². The van der Waals surface area contributed by atoms with E-state index in [-0.39, 0.29) is 29.8 Å². The predicted molar refractivity (Wildman–Crippen MR) is 134 cm³/mol. The Morgan fingerprint density at radius 3 is 2.50 bits per heavy atom. The van der Waals surface area contributed by atoms with Crippen molar-refractivity contribution in [1.82, 2.24) is 4.98 Å². The highest BCUT2D eigenvalue weighted by Crippen LogP contribution is 2.38. The topological polar surface area (TPSA) is 59.2 Å². The SMILES string of the molecule is CSN(c1cc(C(F)(F)F)nc2ccccc12)C(CCC(=O)c1cccc(Cl)c1)CCC(C)N. The Balaban J connectivity index is 1.97. The molecule has 3 aromatic rings. The molecule has 0 saturated carbocycles. The maximum absolute atomic E-state index is 13.6. The van der Waals surface area contributed by atoms with Crippen molar-refractivity contribution in [3.63, 3.8) is 0 Å². The summed E-state index contributed by atoms with van der Waals surface area (Å²) < 4.78 is 42.8. The molecule has 0 saturated heterocycles. The number of hydrogen-bond acceptors (Lipinski definition) is 5. The molecule has 0 radical (unpaired) electrons. The second kappa shape index (κ2) is 11.4. The Bertz CT molecular complexity index is 1140. The van der Waals surface area contributed by atoms with Crippen LogP contribution < -0.4 is 10.0 Å². The van der Waals surface area contributed by atoms with Crippen LogP contribution in [0.3, 0.4) is 0 Å². The highest BCUT2D eigenvalue weighted by atomic mass is 35.5. The van der Waals surface area contributed by atoms with Crippen molar-refractivity contribution in [3.8, 4) is 0 Å². The first-order valence-electron chi connectivity index (χ1n) is 10.9. The summed E-state index contributed by atoms with van der Waals surface area (Å²) in [5.41, 5.74) is 6.26. The molecule has 9 heteroatoms. The van der Waals surface area contributed by atoms with E-state index in [0.717, 1.165) is 6.07 Å². The van der Waals surface area contributed by atoms with Gasteiger partial charge in [0.25, 0.3) is 0 Å². The van der Waals surface area contributed by atoms with Crippen LogP contribution in [0.15, 0.2) is 54.6 Å². The minimum absolute atomic E-state index is 0.0649. The summed E-state index contributed by atoms with van der Waals surface area (Å²) in [6.45, 7) is 1.89. The summed E-state index contributed by atoms with van der Waals surface area (Å²) in [6, 6.07) is 14.3. The summed E-state index contributed by atoms with van der Waals surface area (Å²) in [6.07, 6.45) is -0.776. The van der Waals surface area contributed by atoms with Gasteiger partial charge in [-0.2, -0.15) is 13.2 Å². The summed E-state index contributed by atoms with van der Waals surface area (Å²) >= 11 is 7.35. The smallest absolute Gasteiger partial charge is 0.328 e. The predicted octanol–water partition coefficient (Wildman–Crippen LogP) is 7.15. The van der Waals surface area contributed by atoms with E-state index in [1.165, 1.54) is 11.9 Å². The standard InChI is InChI=1S/C25H27ClF3N3OS/c1-16(30)10-11-19(12-13-23(33)17-6-5-7-18(26)14-17)32(34-2)22-15-24(25(27,28)29)31-21-9-4-3-8-20(21)22/h3-9,14-16,19H,10-13,30H2,1-2H3. The highest BCUT2D eigenvalue weighted by Gasteiger charge is 2.34. The van der Waals surface area contributed by atoms with E-state index in [1.54, 1.807) is 48.5 Å². The van der Waals surface area contributed by atoms with Crippen molar-refractivity contribution in [2.75, 3.05) is 10.6 Å². The molecule has 0 spiro atoms. The first-order valence-corrected chi connectivity index (χ1v) is 12.5. The number of alkyl halides is 3. The lowest BCUT2D eigenvalue weighted by Gasteiger charge is -2.33. The van der Waals surface area contributed by atoms with Crippen LogP contribution >= 0.6 is 23.5 Å². The summed E-state index contributed by atoms with van der Waals surface area (Å²) in [4.78, 5) is 16.6. The largest absolute Gasteiger partial charge is 0.433 e. The number of carbonyl (C=O) groups is 1. The van der Waals surface area contributed by atoms with Gasteiger partial charge in [-0.3, -0.25) is 4.79 Å².